The Labute approximate surface area is 154 Å². The summed E-state index contributed by atoms with van der Waals surface area (Å²) in [7, 11) is 0. The minimum atomic E-state index is -1.05. The van der Waals surface area contributed by atoms with Gasteiger partial charge in [0.25, 0.3) is 5.91 Å². The van der Waals surface area contributed by atoms with Gasteiger partial charge in [-0.1, -0.05) is 12.1 Å². The maximum atomic E-state index is 12.5. The molecule has 136 valence electrons. The van der Waals surface area contributed by atoms with E-state index in [2.05, 4.69) is 5.32 Å². The lowest BCUT2D eigenvalue weighted by Crippen LogP contribution is -2.41. The van der Waals surface area contributed by atoms with Crippen molar-refractivity contribution in [3.05, 3.63) is 54.0 Å². The average molecular weight is 374 g/mol. The van der Waals surface area contributed by atoms with Gasteiger partial charge in [-0.15, -0.1) is 11.8 Å². The second-order valence-corrected chi connectivity index (χ2v) is 6.65. The fraction of sp³-hybridized carbons (Fsp3) is 0.278. The number of thioether (sulfide) groups is 1. The summed E-state index contributed by atoms with van der Waals surface area (Å²) in [6.07, 6.45) is 0.548. The molecule has 3 rings (SSSR count). The number of ether oxygens (including phenoxy) is 1. The van der Waals surface area contributed by atoms with Crippen LogP contribution in [0.1, 0.15) is 23.0 Å². The predicted molar refractivity (Wildman–Crippen MR) is 94.7 cm³/mol. The molecular formula is C18H18N2O5S. The van der Waals surface area contributed by atoms with Crippen molar-refractivity contribution < 1.29 is 23.5 Å². The van der Waals surface area contributed by atoms with Gasteiger partial charge in [-0.05, 0) is 31.2 Å². The molecule has 0 unspecified atom stereocenters. The number of furan rings is 1. The molecule has 1 aliphatic heterocycles. The lowest BCUT2D eigenvalue weighted by molar-refractivity contribution is -0.136. The third-order valence-corrected chi connectivity index (χ3v) is 4.91. The van der Waals surface area contributed by atoms with Crippen molar-refractivity contribution in [1.29, 1.82) is 0 Å². The number of nitrogens with zero attached hydrogens (tertiary/aromatic N) is 1. The summed E-state index contributed by atoms with van der Waals surface area (Å²) < 4.78 is 10.6. The molecule has 0 radical (unpaired) electrons. The largest absolute Gasteiger partial charge is 0.468 e. The minimum Gasteiger partial charge on any atom is -0.468 e. The van der Waals surface area contributed by atoms with Crippen molar-refractivity contribution >= 4 is 29.7 Å². The van der Waals surface area contributed by atoms with Gasteiger partial charge in [-0.3, -0.25) is 9.69 Å². The van der Waals surface area contributed by atoms with Crippen LogP contribution in [0.4, 0.5) is 4.79 Å². The molecule has 2 aromatic rings. The van der Waals surface area contributed by atoms with E-state index in [4.69, 9.17) is 9.15 Å². The molecule has 8 heteroatoms. The zero-order chi connectivity index (χ0) is 18.5. The number of carbonyl (C=O) groups excluding carboxylic acids is 3. The zero-order valence-electron chi connectivity index (χ0n) is 14.1. The Kier molecular flexibility index (Phi) is 5.62. The summed E-state index contributed by atoms with van der Waals surface area (Å²) in [6.45, 7) is 2.14. The summed E-state index contributed by atoms with van der Waals surface area (Å²) in [5.74, 6) is 0.225. The van der Waals surface area contributed by atoms with Crippen LogP contribution in [-0.4, -0.2) is 42.0 Å². The number of carbonyl (C=O) groups is 3. The van der Waals surface area contributed by atoms with Gasteiger partial charge in [0.05, 0.1) is 17.6 Å². The van der Waals surface area contributed by atoms with Crippen molar-refractivity contribution in [1.82, 2.24) is 10.2 Å². The molecule has 1 aromatic carbocycles. The van der Waals surface area contributed by atoms with Crippen molar-refractivity contribution in [2.45, 2.75) is 23.7 Å². The topological polar surface area (TPSA) is 88.8 Å². The van der Waals surface area contributed by atoms with Gasteiger partial charge in [0, 0.05) is 18.0 Å². The number of hydrogen-bond acceptors (Lipinski definition) is 6. The van der Waals surface area contributed by atoms with E-state index in [1.54, 1.807) is 24.5 Å². The molecule has 1 fully saturated rings. The first-order chi connectivity index (χ1) is 12.6. The third-order valence-electron chi connectivity index (χ3n) is 3.81. The van der Waals surface area contributed by atoms with Gasteiger partial charge in [0.2, 0.25) is 0 Å². The quantitative estimate of drug-likeness (QED) is 0.618. The van der Waals surface area contributed by atoms with Crippen LogP contribution in [0, 0.1) is 0 Å². The number of imide groups is 1. The lowest BCUT2D eigenvalue weighted by Gasteiger charge is -2.18. The maximum absolute atomic E-state index is 12.5. The van der Waals surface area contributed by atoms with E-state index in [0.717, 1.165) is 15.6 Å². The molecule has 0 aliphatic carbocycles. The second kappa shape index (κ2) is 8.09. The third kappa shape index (κ3) is 4.08. The number of esters is 1. The normalized spacial score (nSPS) is 14.8. The fourth-order valence-corrected chi connectivity index (χ4v) is 3.42. The van der Waals surface area contributed by atoms with E-state index in [0.29, 0.717) is 17.9 Å². The molecule has 1 atom stereocenters. The molecule has 7 nitrogen and oxygen atoms in total. The van der Waals surface area contributed by atoms with E-state index in [-0.39, 0.29) is 6.54 Å². The van der Waals surface area contributed by atoms with Gasteiger partial charge in [0.1, 0.15) is 5.76 Å². The van der Waals surface area contributed by atoms with Gasteiger partial charge in [0.15, 0.2) is 6.10 Å². The van der Waals surface area contributed by atoms with Crippen LogP contribution in [0.5, 0.6) is 0 Å². The molecule has 1 saturated heterocycles. The van der Waals surface area contributed by atoms with Crippen LogP contribution in [-0.2, 0) is 15.3 Å². The van der Waals surface area contributed by atoms with Crippen LogP contribution >= 0.6 is 11.8 Å². The molecular weight excluding hydrogens is 356 g/mol. The SMILES string of the molecule is C[C@H](OC(=O)c1ccccc1SCc1ccco1)C(=O)N1CCNC1=O. The molecule has 26 heavy (non-hydrogen) atoms. The highest BCUT2D eigenvalue weighted by Gasteiger charge is 2.32. The number of benzene rings is 1. The first-order valence-electron chi connectivity index (χ1n) is 8.10. The number of urea groups is 1. The number of rotatable bonds is 6. The summed E-state index contributed by atoms with van der Waals surface area (Å²) >= 11 is 1.44. The minimum absolute atomic E-state index is 0.273. The summed E-state index contributed by atoms with van der Waals surface area (Å²) in [4.78, 5) is 38.1. The molecule has 0 saturated carbocycles. The Balaban J connectivity index is 1.65. The van der Waals surface area contributed by atoms with Gasteiger partial charge >= 0.3 is 12.0 Å². The van der Waals surface area contributed by atoms with E-state index in [1.165, 1.54) is 18.7 Å². The number of amides is 3. The lowest BCUT2D eigenvalue weighted by atomic mass is 10.2. The molecule has 0 spiro atoms. The van der Waals surface area contributed by atoms with Crippen LogP contribution in [0.25, 0.3) is 0 Å². The van der Waals surface area contributed by atoms with Crippen molar-refractivity contribution in [2.24, 2.45) is 0 Å². The Morgan fingerprint density at radius 2 is 2.12 bits per heavy atom. The number of nitrogens with one attached hydrogen (secondary N) is 1. The van der Waals surface area contributed by atoms with E-state index < -0.39 is 24.0 Å². The Hall–Kier alpha value is -2.74. The fourth-order valence-electron chi connectivity index (χ4n) is 2.48. The summed E-state index contributed by atoms with van der Waals surface area (Å²) in [5.41, 5.74) is 0.370. The molecule has 1 N–H and O–H groups in total. The highest BCUT2D eigenvalue weighted by atomic mass is 32.2. The first-order valence-corrected chi connectivity index (χ1v) is 9.09. The second-order valence-electron chi connectivity index (χ2n) is 5.63. The summed E-state index contributed by atoms with van der Waals surface area (Å²) in [5, 5.41) is 2.54. The van der Waals surface area contributed by atoms with Crippen LogP contribution in [0.15, 0.2) is 52.0 Å². The molecule has 2 heterocycles. The predicted octanol–water partition coefficient (Wildman–Crippen LogP) is 2.67. The summed E-state index contributed by atoms with van der Waals surface area (Å²) in [6, 6.07) is 10.2. The number of hydrogen-bond donors (Lipinski definition) is 1. The Bertz CT molecular complexity index is 806. The molecule has 3 amide bonds. The van der Waals surface area contributed by atoms with Crippen LogP contribution in [0.2, 0.25) is 0 Å². The van der Waals surface area contributed by atoms with Crippen LogP contribution in [0.3, 0.4) is 0 Å². The maximum Gasteiger partial charge on any atom is 0.340 e. The van der Waals surface area contributed by atoms with Gasteiger partial charge in [-0.2, -0.15) is 0 Å². The first kappa shape index (κ1) is 18.1. The average Bonchev–Trinajstić information content (AvgIpc) is 3.31. The van der Waals surface area contributed by atoms with Crippen LogP contribution < -0.4 is 5.32 Å². The standard InChI is InChI=1S/C18H18N2O5S/c1-12(16(21)20-9-8-19-18(20)23)25-17(22)14-6-2-3-7-15(14)26-11-13-5-4-10-24-13/h2-7,10,12H,8-9,11H2,1H3,(H,19,23)/t12-/m0/s1. The van der Waals surface area contributed by atoms with Gasteiger partial charge in [-0.25, -0.2) is 9.59 Å². The van der Waals surface area contributed by atoms with E-state index in [1.807, 2.05) is 18.2 Å². The van der Waals surface area contributed by atoms with Gasteiger partial charge < -0.3 is 14.5 Å². The van der Waals surface area contributed by atoms with Crippen molar-refractivity contribution in [3.8, 4) is 0 Å². The van der Waals surface area contributed by atoms with Crippen molar-refractivity contribution in [2.75, 3.05) is 13.1 Å². The smallest absolute Gasteiger partial charge is 0.340 e. The Morgan fingerprint density at radius 1 is 1.31 bits per heavy atom. The van der Waals surface area contributed by atoms with E-state index in [9.17, 15) is 14.4 Å². The van der Waals surface area contributed by atoms with E-state index >= 15 is 0 Å². The monoisotopic (exact) mass is 374 g/mol. The molecule has 1 aliphatic rings. The zero-order valence-corrected chi connectivity index (χ0v) is 15.0. The highest BCUT2D eigenvalue weighted by molar-refractivity contribution is 7.98. The van der Waals surface area contributed by atoms with Crippen molar-refractivity contribution in [3.63, 3.8) is 0 Å². The Morgan fingerprint density at radius 3 is 2.81 bits per heavy atom. The molecule has 1 aromatic heterocycles. The molecule has 0 bridgehead atoms. The highest BCUT2D eigenvalue weighted by Crippen LogP contribution is 2.27.